The SMILES string of the molecule is COc1ccc(Br)c(C(C)(C)C(=O)c2ccc(Br)cc2O)n1. The first-order valence-corrected chi connectivity index (χ1v) is 8.10. The molecule has 116 valence electrons. The van der Waals surface area contributed by atoms with Crippen LogP contribution in [0.5, 0.6) is 11.6 Å². The fraction of sp³-hybridized carbons (Fsp3) is 0.250. The summed E-state index contributed by atoms with van der Waals surface area (Å²) >= 11 is 6.69. The lowest BCUT2D eigenvalue weighted by atomic mass is 9.80. The molecule has 6 heteroatoms. The molecular formula is C16H15Br2NO3. The van der Waals surface area contributed by atoms with E-state index in [2.05, 4.69) is 36.8 Å². The minimum atomic E-state index is -0.932. The van der Waals surface area contributed by atoms with Crippen LogP contribution in [-0.2, 0) is 5.41 Å². The summed E-state index contributed by atoms with van der Waals surface area (Å²) in [4.78, 5) is 17.2. The average molecular weight is 429 g/mol. The van der Waals surface area contributed by atoms with Gasteiger partial charge in [0.2, 0.25) is 5.88 Å². The molecule has 1 aromatic heterocycles. The number of hydrogen-bond acceptors (Lipinski definition) is 4. The van der Waals surface area contributed by atoms with Gasteiger partial charge in [-0.15, -0.1) is 0 Å². The molecule has 1 heterocycles. The molecule has 2 rings (SSSR count). The molecule has 0 fully saturated rings. The van der Waals surface area contributed by atoms with Crippen molar-refractivity contribution in [2.75, 3.05) is 7.11 Å². The van der Waals surface area contributed by atoms with E-state index < -0.39 is 5.41 Å². The Hall–Kier alpha value is -1.40. The number of rotatable bonds is 4. The first kappa shape index (κ1) is 17.0. The Kier molecular flexibility index (Phi) is 4.92. The zero-order chi connectivity index (χ0) is 16.5. The summed E-state index contributed by atoms with van der Waals surface area (Å²) in [7, 11) is 1.52. The number of halogens is 2. The van der Waals surface area contributed by atoms with E-state index >= 15 is 0 Å². The number of phenolic OH excluding ortho intramolecular Hbond substituents is 1. The Morgan fingerprint density at radius 1 is 1.23 bits per heavy atom. The van der Waals surface area contributed by atoms with Crippen LogP contribution in [0.4, 0.5) is 0 Å². The molecule has 0 aliphatic rings. The first-order chi connectivity index (χ1) is 10.3. The van der Waals surface area contributed by atoms with Crippen LogP contribution in [-0.4, -0.2) is 23.0 Å². The van der Waals surface area contributed by atoms with E-state index in [9.17, 15) is 9.90 Å². The molecule has 0 saturated carbocycles. The summed E-state index contributed by atoms with van der Waals surface area (Å²) < 4.78 is 6.55. The van der Waals surface area contributed by atoms with E-state index in [-0.39, 0.29) is 17.1 Å². The number of carbonyl (C=O) groups is 1. The van der Waals surface area contributed by atoms with Crippen molar-refractivity contribution >= 4 is 37.6 Å². The topological polar surface area (TPSA) is 59.4 Å². The zero-order valence-electron chi connectivity index (χ0n) is 12.4. The van der Waals surface area contributed by atoms with E-state index in [0.29, 0.717) is 20.5 Å². The van der Waals surface area contributed by atoms with Gasteiger partial charge in [0.05, 0.1) is 23.8 Å². The Morgan fingerprint density at radius 2 is 1.91 bits per heavy atom. The Balaban J connectivity index is 2.51. The number of Topliss-reactive ketones (excluding diaryl/α,β-unsaturated/α-hetero) is 1. The van der Waals surface area contributed by atoms with E-state index in [1.807, 2.05) is 0 Å². The minimum Gasteiger partial charge on any atom is -0.507 e. The van der Waals surface area contributed by atoms with Crippen LogP contribution in [0.2, 0.25) is 0 Å². The molecule has 1 aromatic carbocycles. The molecule has 4 nitrogen and oxygen atoms in total. The number of carbonyl (C=O) groups excluding carboxylic acids is 1. The Bertz CT molecular complexity index is 729. The van der Waals surface area contributed by atoms with Crippen molar-refractivity contribution in [2.24, 2.45) is 0 Å². The zero-order valence-corrected chi connectivity index (χ0v) is 15.5. The summed E-state index contributed by atoms with van der Waals surface area (Å²) in [6.45, 7) is 3.53. The van der Waals surface area contributed by atoms with Crippen molar-refractivity contribution in [1.82, 2.24) is 4.98 Å². The third-order valence-electron chi connectivity index (χ3n) is 3.39. The van der Waals surface area contributed by atoms with Gasteiger partial charge < -0.3 is 9.84 Å². The summed E-state index contributed by atoms with van der Waals surface area (Å²) in [5.74, 6) is 0.143. The third kappa shape index (κ3) is 3.17. The number of benzene rings is 1. The van der Waals surface area contributed by atoms with Crippen LogP contribution >= 0.6 is 31.9 Å². The van der Waals surface area contributed by atoms with Crippen LogP contribution in [0.1, 0.15) is 29.9 Å². The van der Waals surface area contributed by atoms with Crippen LogP contribution in [0.25, 0.3) is 0 Å². The molecule has 0 aliphatic carbocycles. The lowest BCUT2D eigenvalue weighted by Crippen LogP contribution is -2.31. The van der Waals surface area contributed by atoms with Crippen LogP contribution in [0.3, 0.4) is 0 Å². The molecular weight excluding hydrogens is 414 g/mol. The van der Waals surface area contributed by atoms with Gasteiger partial charge in [0.15, 0.2) is 5.78 Å². The predicted molar refractivity (Wildman–Crippen MR) is 91.7 cm³/mol. The molecule has 0 saturated heterocycles. The maximum Gasteiger partial charge on any atom is 0.213 e. The highest BCUT2D eigenvalue weighted by Crippen LogP contribution is 2.35. The van der Waals surface area contributed by atoms with Crippen LogP contribution in [0, 0.1) is 0 Å². The van der Waals surface area contributed by atoms with Crippen LogP contribution in [0.15, 0.2) is 39.3 Å². The predicted octanol–water partition coefficient (Wildman–Crippen LogP) is 4.48. The highest BCUT2D eigenvalue weighted by Gasteiger charge is 2.35. The van der Waals surface area contributed by atoms with Gasteiger partial charge in [0, 0.05) is 15.0 Å². The van der Waals surface area contributed by atoms with Crippen molar-refractivity contribution in [3.05, 3.63) is 50.5 Å². The number of aromatic nitrogens is 1. The smallest absolute Gasteiger partial charge is 0.213 e. The van der Waals surface area contributed by atoms with E-state index in [4.69, 9.17) is 4.74 Å². The fourth-order valence-electron chi connectivity index (χ4n) is 2.12. The molecule has 0 bridgehead atoms. The second-order valence-electron chi connectivity index (χ2n) is 5.30. The lowest BCUT2D eigenvalue weighted by molar-refractivity contribution is 0.0902. The third-order valence-corrected chi connectivity index (χ3v) is 4.53. The highest BCUT2D eigenvalue weighted by atomic mass is 79.9. The van der Waals surface area contributed by atoms with Gasteiger partial charge in [-0.2, -0.15) is 0 Å². The quantitative estimate of drug-likeness (QED) is 0.729. The summed E-state index contributed by atoms with van der Waals surface area (Å²) in [5, 5.41) is 10.0. The number of methoxy groups -OCH3 is 1. The molecule has 0 aliphatic heterocycles. The van der Waals surface area contributed by atoms with Crippen molar-refractivity contribution in [1.29, 1.82) is 0 Å². The molecule has 22 heavy (non-hydrogen) atoms. The number of aromatic hydroxyl groups is 1. The van der Waals surface area contributed by atoms with Gasteiger partial charge in [-0.05, 0) is 54.0 Å². The first-order valence-electron chi connectivity index (χ1n) is 6.51. The molecule has 0 amide bonds. The van der Waals surface area contributed by atoms with E-state index in [1.165, 1.54) is 13.2 Å². The van der Waals surface area contributed by atoms with Gasteiger partial charge in [0.25, 0.3) is 0 Å². The van der Waals surface area contributed by atoms with Gasteiger partial charge in [-0.25, -0.2) is 4.98 Å². The number of ether oxygens (including phenoxy) is 1. The van der Waals surface area contributed by atoms with Crippen molar-refractivity contribution in [3.63, 3.8) is 0 Å². The molecule has 0 unspecified atom stereocenters. The average Bonchev–Trinajstić information content (AvgIpc) is 2.47. The van der Waals surface area contributed by atoms with Crippen molar-refractivity contribution in [3.8, 4) is 11.6 Å². The Labute approximate surface area is 145 Å². The molecule has 0 atom stereocenters. The normalized spacial score (nSPS) is 11.3. The van der Waals surface area contributed by atoms with Crippen molar-refractivity contribution in [2.45, 2.75) is 19.3 Å². The maximum atomic E-state index is 12.9. The van der Waals surface area contributed by atoms with E-state index in [1.54, 1.807) is 38.1 Å². The number of hydrogen-bond donors (Lipinski definition) is 1. The van der Waals surface area contributed by atoms with E-state index in [0.717, 1.165) is 0 Å². The number of pyridine rings is 1. The molecule has 2 aromatic rings. The fourth-order valence-corrected chi connectivity index (χ4v) is 3.18. The second-order valence-corrected chi connectivity index (χ2v) is 7.07. The largest absolute Gasteiger partial charge is 0.507 e. The monoisotopic (exact) mass is 427 g/mol. The molecule has 0 spiro atoms. The standard InChI is InChI=1S/C16H15Br2NO3/c1-16(2,14-11(18)6-7-13(19-14)22-3)15(21)10-5-4-9(17)8-12(10)20/h4-8,20H,1-3H3. The summed E-state index contributed by atoms with van der Waals surface area (Å²) in [6, 6.07) is 8.31. The number of phenols is 1. The molecule has 0 radical (unpaired) electrons. The van der Waals surface area contributed by atoms with Gasteiger partial charge in [0.1, 0.15) is 5.75 Å². The number of ketones is 1. The molecule has 1 N–H and O–H groups in total. The highest BCUT2D eigenvalue weighted by molar-refractivity contribution is 9.10. The van der Waals surface area contributed by atoms with Gasteiger partial charge in [-0.3, -0.25) is 4.79 Å². The van der Waals surface area contributed by atoms with Crippen molar-refractivity contribution < 1.29 is 14.6 Å². The minimum absolute atomic E-state index is 0.0635. The summed E-state index contributed by atoms with van der Waals surface area (Å²) in [5.41, 5.74) is -0.123. The van der Waals surface area contributed by atoms with Gasteiger partial charge >= 0.3 is 0 Å². The summed E-state index contributed by atoms with van der Waals surface area (Å²) in [6.07, 6.45) is 0. The number of nitrogens with zero attached hydrogens (tertiary/aromatic N) is 1. The Morgan fingerprint density at radius 3 is 2.50 bits per heavy atom. The second kappa shape index (κ2) is 6.38. The van der Waals surface area contributed by atoms with Gasteiger partial charge in [-0.1, -0.05) is 15.9 Å². The lowest BCUT2D eigenvalue weighted by Gasteiger charge is -2.24. The maximum absolute atomic E-state index is 12.9. The van der Waals surface area contributed by atoms with Crippen LogP contribution < -0.4 is 4.74 Å².